The van der Waals surface area contributed by atoms with E-state index < -0.39 is 5.97 Å². The summed E-state index contributed by atoms with van der Waals surface area (Å²) >= 11 is 1.64. The molecule has 1 unspecified atom stereocenters. The van der Waals surface area contributed by atoms with Crippen molar-refractivity contribution in [1.29, 1.82) is 0 Å². The second-order valence-corrected chi connectivity index (χ2v) is 7.14. The van der Waals surface area contributed by atoms with Crippen LogP contribution in [-0.4, -0.2) is 40.2 Å². The molecule has 0 aromatic heterocycles. The summed E-state index contributed by atoms with van der Waals surface area (Å²) in [7, 11) is 0. The van der Waals surface area contributed by atoms with Gasteiger partial charge in [0, 0.05) is 24.8 Å². The van der Waals surface area contributed by atoms with Gasteiger partial charge in [-0.1, -0.05) is 29.8 Å². The molecule has 126 valence electrons. The number of carbonyl (C=O) groups is 2. The fraction of sp³-hybridized carbons (Fsp3) is 0.556. The van der Waals surface area contributed by atoms with Crippen molar-refractivity contribution in [2.45, 2.75) is 50.8 Å². The van der Waals surface area contributed by atoms with Crippen LogP contribution in [-0.2, 0) is 15.3 Å². The summed E-state index contributed by atoms with van der Waals surface area (Å²) in [5.74, 6) is 0.674. The molecule has 4 nitrogen and oxygen atoms in total. The van der Waals surface area contributed by atoms with Gasteiger partial charge in [-0.25, -0.2) is 0 Å². The summed E-state index contributed by atoms with van der Waals surface area (Å²) in [5, 5.41) is 8.85. The highest BCUT2D eigenvalue weighted by molar-refractivity contribution is 7.99. The molecule has 1 saturated heterocycles. The Hall–Kier alpha value is -1.49. The minimum absolute atomic E-state index is 0.104. The maximum Gasteiger partial charge on any atom is 0.303 e. The third-order valence-corrected chi connectivity index (χ3v) is 5.20. The van der Waals surface area contributed by atoms with Crippen LogP contribution in [0, 0.1) is 6.92 Å². The molecule has 1 fully saturated rings. The van der Waals surface area contributed by atoms with E-state index >= 15 is 0 Å². The Kier molecular flexibility index (Phi) is 6.96. The molecule has 1 amide bonds. The van der Waals surface area contributed by atoms with Crippen molar-refractivity contribution in [2.24, 2.45) is 0 Å². The van der Waals surface area contributed by atoms with Crippen LogP contribution in [0.5, 0.6) is 0 Å². The Balaban J connectivity index is 1.81. The molecule has 1 aliphatic heterocycles. The zero-order valence-electron chi connectivity index (χ0n) is 13.7. The van der Waals surface area contributed by atoms with Crippen molar-refractivity contribution in [3.05, 3.63) is 35.4 Å². The number of nitrogens with zero attached hydrogens (tertiary/aromatic N) is 1. The molecule has 1 aliphatic rings. The molecule has 0 saturated carbocycles. The van der Waals surface area contributed by atoms with Gasteiger partial charge >= 0.3 is 5.97 Å². The number of hydrogen-bond donors (Lipinski definition) is 1. The zero-order valence-corrected chi connectivity index (χ0v) is 14.5. The van der Waals surface area contributed by atoms with Crippen LogP contribution in [0.2, 0.25) is 0 Å². The highest BCUT2D eigenvalue weighted by atomic mass is 32.2. The van der Waals surface area contributed by atoms with Crippen LogP contribution in [0.25, 0.3) is 0 Å². The first-order chi connectivity index (χ1) is 11.1. The Morgan fingerprint density at radius 1 is 1.35 bits per heavy atom. The fourth-order valence-corrected chi connectivity index (χ4v) is 3.92. The molecule has 5 heteroatoms. The number of amides is 1. The number of carboxylic acids is 1. The van der Waals surface area contributed by atoms with Crippen LogP contribution in [0.15, 0.2) is 24.3 Å². The summed E-state index contributed by atoms with van der Waals surface area (Å²) in [5.41, 5.74) is 2.48. The molecule has 23 heavy (non-hydrogen) atoms. The summed E-state index contributed by atoms with van der Waals surface area (Å²) in [6, 6.07) is 8.45. The van der Waals surface area contributed by atoms with Crippen molar-refractivity contribution < 1.29 is 14.7 Å². The highest BCUT2D eigenvalue weighted by Crippen LogP contribution is 2.23. The smallest absolute Gasteiger partial charge is 0.303 e. The Bertz CT molecular complexity index is 547. The summed E-state index contributed by atoms with van der Waals surface area (Å²) in [6.45, 7) is 2.84. The van der Waals surface area contributed by atoms with E-state index in [0.717, 1.165) is 31.6 Å². The van der Waals surface area contributed by atoms with Gasteiger partial charge in [-0.3, -0.25) is 9.59 Å². The number of likely N-dealkylation sites (tertiary alicyclic amines) is 1. The number of rotatable bonds is 7. The van der Waals surface area contributed by atoms with Crippen molar-refractivity contribution in [3.8, 4) is 0 Å². The third kappa shape index (κ3) is 5.90. The number of carboxylic acid groups (broad SMARTS) is 1. The third-order valence-electron chi connectivity index (χ3n) is 4.22. The second-order valence-electron chi connectivity index (χ2n) is 6.15. The first-order valence-corrected chi connectivity index (χ1v) is 9.36. The van der Waals surface area contributed by atoms with Crippen molar-refractivity contribution in [2.75, 3.05) is 12.3 Å². The van der Waals surface area contributed by atoms with Crippen molar-refractivity contribution in [1.82, 2.24) is 4.90 Å². The lowest BCUT2D eigenvalue weighted by Crippen LogP contribution is -2.44. The van der Waals surface area contributed by atoms with Crippen molar-refractivity contribution >= 4 is 23.6 Å². The maximum atomic E-state index is 12.5. The topological polar surface area (TPSA) is 57.6 Å². The van der Waals surface area contributed by atoms with Crippen LogP contribution < -0.4 is 0 Å². The van der Waals surface area contributed by atoms with Gasteiger partial charge in [0.1, 0.15) is 0 Å². The first-order valence-electron chi connectivity index (χ1n) is 8.21. The number of aryl methyl sites for hydroxylation is 1. The SMILES string of the molecule is Cc1cccc(CSCC(=O)N2CCCCC2CCC(=O)O)c1. The lowest BCUT2D eigenvalue weighted by Gasteiger charge is -2.35. The number of hydrogen-bond acceptors (Lipinski definition) is 3. The summed E-state index contributed by atoms with van der Waals surface area (Å²) in [4.78, 5) is 25.1. The second kappa shape index (κ2) is 8.96. The number of thioether (sulfide) groups is 1. The molecule has 1 aromatic carbocycles. The Labute approximate surface area is 142 Å². The van der Waals surface area contributed by atoms with Gasteiger partial charge in [-0.15, -0.1) is 11.8 Å². The van der Waals surface area contributed by atoms with E-state index in [0.29, 0.717) is 12.2 Å². The monoisotopic (exact) mass is 335 g/mol. The lowest BCUT2D eigenvalue weighted by molar-refractivity contribution is -0.139. The minimum atomic E-state index is -0.781. The van der Waals surface area contributed by atoms with E-state index in [9.17, 15) is 9.59 Å². The molecule has 0 bridgehead atoms. The predicted octanol–water partition coefficient (Wildman–Crippen LogP) is 3.47. The van der Waals surface area contributed by atoms with E-state index in [1.54, 1.807) is 11.8 Å². The van der Waals surface area contributed by atoms with E-state index in [4.69, 9.17) is 5.11 Å². The average Bonchev–Trinajstić information content (AvgIpc) is 2.53. The highest BCUT2D eigenvalue weighted by Gasteiger charge is 2.26. The van der Waals surface area contributed by atoms with Crippen LogP contribution >= 0.6 is 11.8 Å². The van der Waals surface area contributed by atoms with Crippen molar-refractivity contribution in [3.63, 3.8) is 0 Å². The van der Waals surface area contributed by atoms with Crippen LogP contribution in [0.3, 0.4) is 0 Å². The van der Waals surface area contributed by atoms with Gasteiger partial charge < -0.3 is 10.0 Å². The van der Waals surface area contributed by atoms with Crippen LogP contribution in [0.1, 0.15) is 43.2 Å². The molecule has 1 atom stereocenters. The zero-order chi connectivity index (χ0) is 16.7. The van der Waals surface area contributed by atoms with E-state index in [1.807, 2.05) is 11.0 Å². The molecule has 2 rings (SSSR count). The van der Waals surface area contributed by atoms with E-state index in [1.165, 1.54) is 11.1 Å². The lowest BCUT2D eigenvalue weighted by atomic mass is 9.98. The van der Waals surface area contributed by atoms with Gasteiger partial charge in [-0.2, -0.15) is 0 Å². The Morgan fingerprint density at radius 3 is 2.91 bits per heavy atom. The van der Waals surface area contributed by atoms with E-state index in [2.05, 4.69) is 25.1 Å². The standard InChI is InChI=1S/C18H25NO3S/c1-14-5-4-6-15(11-14)12-23-13-17(20)19-10-3-2-7-16(19)8-9-18(21)22/h4-6,11,16H,2-3,7-10,12-13H2,1H3,(H,21,22). The first kappa shape index (κ1) is 17.9. The quantitative estimate of drug-likeness (QED) is 0.829. The minimum Gasteiger partial charge on any atom is -0.481 e. The molecular formula is C18H25NO3S. The molecule has 1 heterocycles. The molecule has 0 aliphatic carbocycles. The number of aliphatic carboxylic acids is 1. The van der Waals surface area contributed by atoms with Gasteiger partial charge in [0.05, 0.1) is 5.75 Å². The van der Waals surface area contributed by atoms with Crippen LogP contribution in [0.4, 0.5) is 0 Å². The summed E-state index contributed by atoms with van der Waals surface area (Å²) in [6.07, 6.45) is 3.76. The molecule has 1 N–H and O–H groups in total. The Morgan fingerprint density at radius 2 is 2.17 bits per heavy atom. The molecule has 0 radical (unpaired) electrons. The van der Waals surface area contributed by atoms with Gasteiger partial charge in [-0.05, 0) is 38.2 Å². The molecule has 1 aromatic rings. The molecule has 0 spiro atoms. The molecular weight excluding hydrogens is 310 g/mol. The average molecular weight is 335 g/mol. The number of piperidine rings is 1. The van der Waals surface area contributed by atoms with Gasteiger partial charge in [0.15, 0.2) is 0 Å². The summed E-state index contributed by atoms with van der Waals surface area (Å²) < 4.78 is 0. The van der Waals surface area contributed by atoms with E-state index in [-0.39, 0.29) is 18.4 Å². The van der Waals surface area contributed by atoms with Gasteiger partial charge in [0.2, 0.25) is 5.91 Å². The fourth-order valence-electron chi connectivity index (χ4n) is 3.06. The number of benzene rings is 1. The largest absolute Gasteiger partial charge is 0.481 e. The maximum absolute atomic E-state index is 12.5. The number of carbonyl (C=O) groups excluding carboxylic acids is 1. The predicted molar refractivity (Wildman–Crippen MR) is 93.6 cm³/mol. The normalized spacial score (nSPS) is 18.0. The van der Waals surface area contributed by atoms with Gasteiger partial charge in [0.25, 0.3) is 0 Å².